The first-order valence-corrected chi connectivity index (χ1v) is 5.52. The Balaban J connectivity index is 0.00000128. The van der Waals surface area contributed by atoms with Gasteiger partial charge in [0.25, 0.3) is 0 Å². The highest BCUT2D eigenvalue weighted by molar-refractivity contribution is 5.85. The van der Waals surface area contributed by atoms with Crippen molar-refractivity contribution >= 4 is 14.4 Å². The summed E-state index contributed by atoms with van der Waals surface area (Å²) in [6.45, 7) is 3.96. The summed E-state index contributed by atoms with van der Waals surface area (Å²) in [6.07, 6.45) is 2.62. The number of nitrogens with zero attached hydrogens (tertiary/aromatic N) is 1. The van der Waals surface area contributed by atoms with E-state index >= 15 is 0 Å². The first-order chi connectivity index (χ1) is 7.15. The SMILES string of the molecule is CCC1C(=C(F)C(=O)O)C2CCN1CC2.[B]. The Kier molecular flexibility index (Phi) is 4.13. The molecule has 2 bridgehead atoms. The van der Waals surface area contributed by atoms with Crippen molar-refractivity contribution in [1.29, 1.82) is 0 Å². The molecule has 87 valence electrons. The van der Waals surface area contributed by atoms with Crippen LogP contribution in [-0.4, -0.2) is 43.5 Å². The number of piperidine rings is 3. The molecule has 3 rings (SSSR count). The minimum Gasteiger partial charge on any atom is -0.476 e. The van der Waals surface area contributed by atoms with Crippen LogP contribution in [0.15, 0.2) is 11.4 Å². The molecule has 3 aliphatic heterocycles. The average molecular weight is 224 g/mol. The zero-order valence-electron chi connectivity index (χ0n) is 9.45. The highest BCUT2D eigenvalue weighted by Gasteiger charge is 2.40. The van der Waals surface area contributed by atoms with Gasteiger partial charge in [-0.25, -0.2) is 4.79 Å². The first kappa shape index (κ1) is 13.2. The fourth-order valence-corrected chi connectivity index (χ4v) is 2.92. The van der Waals surface area contributed by atoms with Crippen molar-refractivity contribution in [2.75, 3.05) is 13.1 Å². The summed E-state index contributed by atoms with van der Waals surface area (Å²) in [5.41, 5.74) is 0.544. The molecule has 1 N–H and O–H groups in total. The fraction of sp³-hybridized carbons (Fsp3) is 0.727. The van der Waals surface area contributed by atoms with Gasteiger partial charge in [-0.05, 0) is 43.8 Å². The molecule has 3 saturated heterocycles. The summed E-state index contributed by atoms with van der Waals surface area (Å²) in [6, 6.07) is 0.0219. The monoisotopic (exact) mass is 224 g/mol. The molecule has 0 saturated carbocycles. The molecular formula is C11H16BFNO2. The number of halogens is 1. The zero-order valence-corrected chi connectivity index (χ0v) is 9.45. The van der Waals surface area contributed by atoms with Crippen molar-refractivity contribution in [3.05, 3.63) is 11.4 Å². The molecule has 0 aromatic heterocycles. The quantitative estimate of drug-likeness (QED) is 0.569. The molecule has 0 aliphatic carbocycles. The largest absolute Gasteiger partial charge is 0.476 e. The van der Waals surface area contributed by atoms with E-state index < -0.39 is 11.8 Å². The molecule has 1 unspecified atom stereocenters. The predicted octanol–water partition coefficient (Wildman–Crippen LogP) is 1.42. The number of rotatable bonds is 2. The Morgan fingerprint density at radius 3 is 2.50 bits per heavy atom. The van der Waals surface area contributed by atoms with Crippen molar-refractivity contribution in [3.8, 4) is 0 Å². The van der Waals surface area contributed by atoms with E-state index in [1.807, 2.05) is 6.92 Å². The van der Waals surface area contributed by atoms with Crippen LogP contribution >= 0.6 is 0 Å². The highest BCUT2D eigenvalue weighted by Crippen LogP contribution is 2.39. The van der Waals surface area contributed by atoms with E-state index in [2.05, 4.69) is 4.90 Å². The zero-order chi connectivity index (χ0) is 11.0. The van der Waals surface area contributed by atoms with Gasteiger partial charge in [0.05, 0.1) is 0 Å². The molecule has 16 heavy (non-hydrogen) atoms. The summed E-state index contributed by atoms with van der Waals surface area (Å²) in [7, 11) is 0. The van der Waals surface area contributed by atoms with Crippen LogP contribution in [0.4, 0.5) is 4.39 Å². The maximum Gasteiger partial charge on any atom is 0.364 e. The third-order valence-corrected chi connectivity index (χ3v) is 3.60. The van der Waals surface area contributed by atoms with E-state index in [1.165, 1.54) is 0 Å². The van der Waals surface area contributed by atoms with Crippen molar-refractivity contribution in [2.45, 2.75) is 32.2 Å². The lowest BCUT2D eigenvalue weighted by Crippen LogP contribution is -2.50. The highest BCUT2D eigenvalue weighted by atomic mass is 19.1. The lowest BCUT2D eigenvalue weighted by molar-refractivity contribution is -0.134. The Morgan fingerprint density at radius 2 is 2.06 bits per heavy atom. The summed E-state index contributed by atoms with van der Waals surface area (Å²) in [5.74, 6) is -2.15. The molecule has 0 aromatic rings. The van der Waals surface area contributed by atoms with Crippen LogP contribution in [0.5, 0.6) is 0 Å². The van der Waals surface area contributed by atoms with Crippen molar-refractivity contribution < 1.29 is 14.3 Å². The predicted molar refractivity (Wildman–Crippen MR) is 59.9 cm³/mol. The van der Waals surface area contributed by atoms with Crippen LogP contribution in [0, 0.1) is 5.92 Å². The molecule has 3 heterocycles. The third kappa shape index (κ3) is 2.01. The van der Waals surface area contributed by atoms with Crippen LogP contribution in [0.3, 0.4) is 0 Å². The van der Waals surface area contributed by atoms with Crippen LogP contribution in [0.25, 0.3) is 0 Å². The molecule has 3 radical (unpaired) electrons. The van der Waals surface area contributed by atoms with Gasteiger partial charge in [0.2, 0.25) is 5.83 Å². The van der Waals surface area contributed by atoms with E-state index in [0.29, 0.717) is 5.57 Å². The van der Waals surface area contributed by atoms with Crippen molar-refractivity contribution in [3.63, 3.8) is 0 Å². The number of carboxylic acids is 1. The Bertz CT molecular complexity index is 311. The summed E-state index contributed by atoms with van der Waals surface area (Å²) < 4.78 is 13.6. The molecule has 0 amide bonds. The van der Waals surface area contributed by atoms with Crippen LogP contribution in [0.2, 0.25) is 0 Å². The second-order valence-electron chi connectivity index (χ2n) is 4.31. The van der Waals surface area contributed by atoms with E-state index in [1.54, 1.807) is 0 Å². The van der Waals surface area contributed by atoms with E-state index in [9.17, 15) is 9.18 Å². The number of aliphatic carboxylic acids is 1. The molecule has 1 atom stereocenters. The average Bonchev–Trinajstić information content (AvgIpc) is 2.28. The van der Waals surface area contributed by atoms with Gasteiger partial charge in [0.15, 0.2) is 0 Å². The summed E-state index contributed by atoms with van der Waals surface area (Å²) in [4.78, 5) is 12.9. The topological polar surface area (TPSA) is 40.5 Å². The maximum absolute atomic E-state index is 13.6. The van der Waals surface area contributed by atoms with Gasteiger partial charge >= 0.3 is 5.97 Å². The molecule has 3 fully saturated rings. The Hall–Kier alpha value is -0.835. The number of hydrogen-bond donors (Lipinski definition) is 1. The fourth-order valence-electron chi connectivity index (χ4n) is 2.92. The van der Waals surface area contributed by atoms with Crippen molar-refractivity contribution in [1.82, 2.24) is 4.90 Å². The third-order valence-electron chi connectivity index (χ3n) is 3.60. The number of carboxylic acid groups (broad SMARTS) is 1. The molecule has 3 nitrogen and oxygen atoms in total. The second kappa shape index (κ2) is 5.00. The van der Waals surface area contributed by atoms with Gasteiger partial charge in [-0.2, -0.15) is 4.39 Å². The maximum atomic E-state index is 13.6. The Labute approximate surface area is 96.9 Å². The molecule has 0 aromatic carbocycles. The number of fused-ring (bicyclic) bond motifs is 3. The molecule has 3 aliphatic rings. The van der Waals surface area contributed by atoms with Crippen LogP contribution < -0.4 is 0 Å². The van der Waals surface area contributed by atoms with E-state index in [-0.39, 0.29) is 20.4 Å². The number of hydrogen-bond acceptors (Lipinski definition) is 2. The lowest BCUT2D eigenvalue weighted by atomic mass is 9.77. The van der Waals surface area contributed by atoms with E-state index in [0.717, 1.165) is 32.4 Å². The van der Waals surface area contributed by atoms with Gasteiger partial charge in [-0.1, -0.05) is 6.92 Å². The Morgan fingerprint density at radius 1 is 1.50 bits per heavy atom. The lowest BCUT2D eigenvalue weighted by Gasteiger charge is -2.47. The van der Waals surface area contributed by atoms with Gasteiger partial charge in [0, 0.05) is 14.5 Å². The molecular weight excluding hydrogens is 208 g/mol. The normalized spacial score (nSPS) is 35.5. The number of carbonyl (C=O) groups is 1. The smallest absolute Gasteiger partial charge is 0.364 e. The molecule has 5 heteroatoms. The first-order valence-electron chi connectivity index (χ1n) is 5.52. The van der Waals surface area contributed by atoms with Crippen molar-refractivity contribution in [2.24, 2.45) is 5.92 Å². The van der Waals surface area contributed by atoms with Gasteiger partial charge < -0.3 is 5.11 Å². The van der Waals surface area contributed by atoms with Gasteiger partial charge in [-0.3, -0.25) is 4.90 Å². The minimum atomic E-state index is -1.41. The van der Waals surface area contributed by atoms with E-state index in [4.69, 9.17) is 5.11 Å². The standard InChI is InChI=1S/C11H16FNO2.B/c1-2-8-9(10(12)11(14)15)7-3-5-13(8)6-4-7;/h7-8H,2-6H2,1H3,(H,14,15);. The van der Waals surface area contributed by atoms with Gasteiger partial charge in [0.1, 0.15) is 0 Å². The minimum absolute atomic E-state index is 0. The summed E-state index contributed by atoms with van der Waals surface area (Å²) in [5, 5.41) is 8.72. The molecule has 0 spiro atoms. The van der Waals surface area contributed by atoms with Crippen LogP contribution in [0.1, 0.15) is 26.2 Å². The second-order valence-corrected chi connectivity index (χ2v) is 4.31. The van der Waals surface area contributed by atoms with Crippen LogP contribution in [-0.2, 0) is 4.79 Å². The summed E-state index contributed by atoms with van der Waals surface area (Å²) >= 11 is 0. The van der Waals surface area contributed by atoms with Gasteiger partial charge in [-0.15, -0.1) is 0 Å².